The third-order valence-corrected chi connectivity index (χ3v) is 2.87. The molecule has 0 saturated heterocycles. The van der Waals surface area contributed by atoms with Crippen LogP contribution in [-0.4, -0.2) is 41.9 Å². The maximum absolute atomic E-state index is 10.6. The largest absolute Gasteiger partial charge is 0.467 e. The zero-order valence-electron chi connectivity index (χ0n) is 7.41. The van der Waals surface area contributed by atoms with Crippen molar-refractivity contribution in [2.45, 2.75) is 5.91 Å². The number of hydrogen-bond acceptors (Lipinski definition) is 4. The summed E-state index contributed by atoms with van der Waals surface area (Å²) in [4.78, 5) is 10.6. The average molecular weight is 190 g/mol. The molecule has 0 rings (SSSR count). The summed E-state index contributed by atoms with van der Waals surface area (Å²) in [6, 6.07) is 0. The van der Waals surface area contributed by atoms with Gasteiger partial charge in [0.05, 0.1) is 6.23 Å². The molecule has 5 heteroatoms. The second kappa shape index (κ2) is 7.02. The summed E-state index contributed by atoms with van der Waals surface area (Å²) in [5.74, 6) is -0.573. The Morgan fingerprint density at radius 3 is 2.58 bits per heavy atom. The highest BCUT2D eigenvalue weighted by molar-refractivity contribution is 6.36. The van der Waals surface area contributed by atoms with E-state index in [0.717, 1.165) is 6.08 Å². The van der Waals surface area contributed by atoms with Gasteiger partial charge in [-0.15, -0.1) is 0 Å². The molecule has 70 valence electrons. The van der Waals surface area contributed by atoms with Crippen LogP contribution in [0.15, 0.2) is 12.7 Å². The van der Waals surface area contributed by atoms with Gasteiger partial charge in [0.25, 0.3) is 0 Å². The van der Waals surface area contributed by atoms with Crippen LogP contribution in [0.5, 0.6) is 0 Å². The molecule has 0 spiro atoms. The van der Waals surface area contributed by atoms with Gasteiger partial charge < -0.3 is 14.2 Å². The first-order valence-corrected chi connectivity index (χ1v) is 5.41. The van der Waals surface area contributed by atoms with Crippen LogP contribution in [0.3, 0.4) is 0 Å². The zero-order valence-corrected chi connectivity index (χ0v) is 8.82. The lowest BCUT2D eigenvalue weighted by molar-refractivity contribution is -0.136. The van der Waals surface area contributed by atoms with E-state index in [1.165, 1.54) is 0 Å². The average Bonchev–Trinajstić information content (AvgIpc) is 2.12. The van der Waals surface area contributed by atoms with Crippen LogP contribution in [-0.2, 0) is 19.0 Å². The summed E-state index contributed by atoms with van der Waals surface area (Å²) >= 11 is 0. The first kappa shape index (κ1) is 11.3. The fourth-order valence-electron chi connectivity index (χ4n) is 0.647. The van der Waals surface area contributed by atoms with Gasteiger partial charge in [0.2, 0.25) is 0 Å². The highest BCUT2D eigenvalue weighted by atomic mass is 28.2. The summed E-state index contributed by atoms with van der Waals surface area (Å²) in [7, 11) is 2.47. The molecule has 0 atom stereocenters. The zero-order chi connectivity index (χ0) is 9.40. The smallest absolute Gasteiger partial charge is 0.329 e. The van der Waals surface area contributed by atoms with Gasteiger partial charge in [-0.2, -0.15) is 0 Å². The summed E-state index contributed by atoms with van der Waals surface area (Å²) in [5, 5.41) is 0. The van der Waals surface area contributed by atoms with Crippen LogP contribution < -0.4 is 0 Å². The van der Waals surface area contributed by atoms with Gasteiger partial charge in [0, 0.05) is 20.3 Å². The third-order valence-electron chi connectivity index (χ3n) is 1.29. The normalized spacial score (nSPS) is 10.9. The molecule has 0 fully saturated rings. The topological polar surface area (TPSA) is 44.8 Å². The van der Waals surface area contributed by atoms with Crippen molar-refractivity contribution in [3.63, 3.8) is 0 Å². The number of rotatable bonds is 6. The van der Waals surface area contributed by atoms with E-state index in [9.17, 15) is 4.79 Å². The lowest BCUT2D eigenvalue weighted by Crippen LogP contribution is -2.26. The van der Waals surface area contributed by atoms with Crippen molar-refractivity contribution in [1.82, 2.24) is 0 Å². The number of carbonyl (C=O) groups is 1. The first-order valence-electron chi connectivity index (χ1n) is 3.59. The van der Waals surface area contributed by atoms with Crippen LogP contribution in [0.2, 0.25) is 0 Å². The van der Waals surface area contributed by atoms with Crippen molar-refractivity contribution >= 4 is 15.5 Å². The molecule has 0 aromatic carbocycles. The monoisotopic (exact) mass is 190 g/mol. The van der Waals surface area contributed by atoms with Crippen LogP contribution in [0.4, 0.5) is 0 Å². The number of hydrogen-bond donors (Lipinski definition) is 0. The predicted octanol–water partition coefficient (Wildman–Crippen LogP) is -0.582. The van der Waals surface area contributed by atoms with Crippen molar-refractivity contribution in [1.29, 1.82) is 0 Å². The Balaban J connectivity index is 3.40. The van der Waals surface area contributed by atoms with E-state index in [2.05, 4.69) is 6.58 Å². The molecule has 0 radical (unpaired) electrons. The molecule has 0 N–H and O–H groups in total. The van der Waals surface area contributed by atoms with E-state index < -0.39 is 15.5 Å². The fraction of sp³-hybridized carbons (Fsp3) is 0.571. The van der Waals surface area contributed by atoms with Gasteiger partial charge in [0.1, 0.15) is 15.4 Å². The van der Waals surface area contributed by atoms with Crippen molar-refractivity contribution in [2.24, 2.45) is 0 Å². The molecular weight excluding hydrogens is 176 g/mol. The van der Waals surface area contributed by atoms with Crippen molar-refractivity contribution in [2.75, 3.05) is 20.4 Å². The van der Waals surface area contributed by atoms with Gasteiger partial charge in [-0.25, -0.2) is 4.79 Å². The van der Waals surface area contributed by atoms with Gasteiger partial charge in [-0.1, -0.05) is 6.58 Å². The molecule has 0 unspecified atom stereocenters. The molecule has 0 aliphatic rings. The van der Waals surface area contributed by atoms with Crippen LogP contribution in [0, 0.1) is 0 Å². The molecule has 0 aromatic heterocycles. The Kier molecular flexibility index (Phi) is 6.64. The summed E-state index contributed by atoms with van der Waals surface area (Å²) in [5.41, 5.74) is 0. The predicted molar refractivity (Wildman–Crippen MR) is 47.5 cm³/mol. The van der Waals surface area contributed by atoms with Crippen molar-refractivity contribution in [3.05, 3.63) is 12.7 Å². The summed E-state index contributed by atoms with van der Waals surface area (Å²) < 4.78 is 14.6. The van der Waals surface area contributed by atoms with Gasteiger partial charge in [-0.3, -0.25) is 0 Å². The lowest BCUT2D eigenvalue weighted by Gasteiger charge is -2.11. The summed E-state index contributed by atoms with van der Waals surface area (Å²) in [6.07, 6.45) is 1.56. The molecule has 0 aliphatic heterocycles. The molecular formula is C7H14O4Si. The van der Waals surface area contributed by atoms with E-state index >= 15 is 0 Å². The minimum Gasteiger partial charge on any atom is -0.467 e. The van der Waals surface area contributed by atoms with E-state index in [1.807, 2.05) is 0 Å². The molecule has 0 aliphatic carbocycles. The van der Waals surface area contributed by atoms with E-state index in [-0.39, 0.29) is 5.91 Å². The lowest BCUT2D eigenvalue weighted by atomic mass is 10.7. The van der Waals surface area contributed by atoms with Crippen LogP contribution >= 0.6 is 0 Å². The van der Waals surface area contributed by atoms with Gasteiger partial charge >= 0.3 is 5.97 Å². The van der Waals surface area contributed by atoms with Crippen LogP contribution in [0.1, 0.15) is 0 Å². The number of methoxy groups -OCH3 is 2. The first-order chi connectivity index (χ1) is 5.74. The fourth-order valence-corrected chi connectivity index (χ4v) is 1.63. The Morgan fingerprint density at radius 2 is 2.17 bits per heavy atom. The minimum absolute atomic E-state index is 0.178. The Bertz CT molecular complexity index is 144. The quantitative estimate of drug-likeness (QED) is 0.243. The Morgan fingerprint density at radius 1 is 1.58 bits per heavy atom. The van der Waals surface area contributed by atoms with Crippen molar-refractivity contribution in [3.8, 4) is 0 Å². The van der Waals surface area contributed by atoms with E-state index in [0.29, 0.717) is 6.23 Å². The Labute approximate surface area is 74.3 Å². The maximum atomic E-state index is 10.6. The molecule has 0 saturated carbocycles. The highest BCUT2D eigenvalue weighted by Gasteiger charge is 2.06. The van der Waals surface area contributed by atoms with E-state index in [1.54, 1.807) is 14.2 Å². The number of esters is 1. The molecule has 0 bridgehead atoms. The van der Waals surface area contributed by atoms with Crippen LogP contribution in [0.25, 0.3) is 0 Å². The van der Waals surface area contributed by atoms with E-state index in [4.69, 9.17) is 14.2 Å². The standard InChI is InChI=1S/C7H14O4Si/c1-4-6(8)11-5-12-7(9-2)10-3/h4,7H,1,5,12H2,2-3H3. The van der Waals surface area contributed by atoms with Crippen molar-refractivity contribution < 1.29 is 19.0 Å². The SMILES string of the molecule is C=CC(=O)OC[SiH2]C(OC)OC. The molecule has 0 heterocycles. The molecule has 12 heavy (non-hydrogen) atoms. The molecule has 0 aromatic rings. The number of ether oxygens (including phenoxy) is 3. The summed E-state index contributed by atoms with van der Waals surface area (Å²) in [6.45, 7) is 3.28. The number of carbonyl (C=O) groups excluding carboxylic acids is 1. The second-order valence-corrected chi connectivity index (χ2v) is 3.71. The second-order valence-electron chi connectivity index (χ2n) is 2.06. The minimum atomic E-state index is -0.662. The maximum Gasteiger partial charge on any atom is 0.329 e. The molecule has 4 nitrogen and oxygen atoms in total. The Hall–Kier alpha value is -0.653. The van der Waals surface area contributed by atoms with Gasteiger partial charge in [0.15, 0.2) is 0 Å². The third kappa shape index (κ3) is 5.06. The van der Waals surface area contributed by atoms with Gasteiger partial charge in [-0.05, 0) is 0 Å². The highest BCUT2D eigenvalue weighted by Crippen LogP contribution is 1.88. The molecule has 0 amide bonds.